The summed E-state index contributed by atoms with van der Waals surface area (Å²) >= 11 is 0. The lowest BCUT2D eigenvalue weighted by molar-refractivity contribution is -0.117. The van der Waals surface area contributed by atoms with Gasteiger partial charge in [-0.15, -0.1) is 0 Å². The van der Waals surface area contributed by atoms with Crippen LogP contribution in [-0.2, 0) is 4.79 Å². The lowest BCUT2D eigenvalue weighted by atomic mass is 10.1. The number of aryl methyl sites for hydroxylation is 2. The molecule has 1 N–H and O–H groups in total. The van der Waals surface area contributed by atoms with Crippen LogP contribution in [0.5, 0.6) is 0 Å². The van der Waals surface area contributed by atoms with E-state index >= 15 is 0 Å². The Kier molecular flexibility index (Phi) is 4.87. The van der Waals surface area contributed by atoms with E-state index in [1.54, 1.807) is 18.9 Å². The number of nitrogens with one attached hydrogen (secondary N) is 1. The van der Waals surface area contributed by atoms with Crippen LogP contribution >= 0.6 is 0 Å². The zero-order valence-electron chi connectivity index (χ0n) is 11.3. The third-order valence-corrected chi connectivity index (χ3v) is 2.99. The van der Waals surface area contributed by atoms with Gasteiger partial charge in [-0.25, -0.2) is 0 Å². The number of rotatable bonds is 4. The fourth-order valence-electron chi connectivity index (χ4n) is 1.65. The molecule has 0 fully saturated rings. The summed E-state index contributed by atoms with van der Waals surface area (Å²) in [5.41, 5.74) is 2.94. The summed E-state index contributed by atoms with van der Waals surface area (Å²) in [5.74, 6) is -0.100. The van der Waals surface area contributed by atoms with E-state index in [-0.39, 0.29) is 18.5 Å². The predicted molar refractivity (Wildman–Crippen MR) is 72.3 cm³/mol. The number of nitriles is 1. The van der Waals surface area contributed by atoms with Gasteiger partial charge < -0.3 is 5.32 Å². The van der Waals surface area contributed by atoms with Gasteiger partial charge in [-0.05, 0) is 38.9 Å². The van der Waals surface area contributed by atoms with E-state index in [2.05, 4.69) is 11.4 Å². The highest BCUT2D eigenvalue weighted by molar-refractivity contribution is 5.93. The second kappa shape index (κ2) is 6.18. The fraction of sp³-hybridized carbons (Fsp3) is 0.429. The van der Waals surface area contributed by atoms with Crippen LogP contribution in [0.15, 0.2) is 18.2 Å². The first-order chi connectivity index (χ1) is 8.45. The maximum atomic E-state index is 11.9. The Bertz CT molecular complexity index is 456. The highest BCUT2D eigenvalue weighted by Crippen LogP contribution is 2.19. The second-order valence-corrected chi connectivity index (χ2v) is 4.54. The summed E-state index contributed by atoms with van der Waals surface area (Å²) in [6.45, 7) is 5.91. The van der Waals surface area contributed by atoms with Gasteiger partial charge in [0, 0.05) is 5.69 Å². The number of para-hydroxylation sites is 1. The quantitative estimate of drug-likeness (QED) is 0.883. The fourth-order valence-corrected chi connectivity index (χ4v) is 1.65. The van der Waals surface area contributed by atoms with Gasteiger partial charge in [-0.3, -0.25) is 9.69 Å². The van der Waals surface area contributed by atoms with Crippen LogP contribution in [0.2, 0.25) is 0 Å². The Morgan fingerprint density at radius 2 is 2.00 bits per heavy atom. The largest absolute Gasteiger partial charge is 0.324 e. The molecule has 1 aromatic rings. The zero-order chi connectivity index (χ0) is 13.7. The van der Waals surface area contributed by atoms with Crippen molar-refractivity contribution in [2.45, 2.75) is 26.8 Å². The molecule has 96 valence electrons. The van der Waals surface area contributed by atoms with Crippen molar-refractivity contribution in [1.82, 2.24) is 4.90 Å². The molecule has 0 unspecified atom stereocenters. The Morgan fingerprint density at radius 3 is 2.50 bits per heavy atom. The molecular weight excluding hydrogens is 226 g/mol. The van der Waals surface area contributed by atoms with E-state index in [0.29, 0.717) is 0 Å². The number of likely N-dealkylation sites (N-methyl/N-ethyl adjacent to an activating group) is 1. The summed E-state index contributed by atoms with van der Waals surface area (Å²) in [5, 5.41) is 11.7. The molecule has 4 nitrogen and oxygen atoms in total. The third-order valence-electron chi connectivity index (χ3n) is 2.99. The molecule has 18 heavy (non-hydrogen) atoms. The molecule has 0 aliphatic rings. The van der Waals surface area contributed by atoms with Crippen molar-refractivity contribution in [2.75, 3.05) is 18.9 Å². The zero-order valence-corrected chi connectivity index (χ0v) is 11.3. The standard InChI is InChI=1S/C14H19N3O/c1-10-6-5-7-11(2)14(10)16-13(18)9-17(4)12(3)8-15/h5-7,12H,9H2,1-4H3,(H,16,18)/t12-/m0/s1. The van der Waals surface area contributed by atoms with Gasteiger partial charge in [0.25, 0.3) is 0 Å². The van der Waals surface area contributed by atoms with Crippen LogP contribution in [0.1, 0.15) is 18.1 Å². The molecule has 0 radical (unpaired) electrons. The minimum Gasteiger partial charge on any atom is -0.324 e. The molecule has 0 aliphatic heterocycles. The van der Waals surface area contributed by atoms with Crippen LogP contribution in [-0.4, -0.2) is 30.4 Å². The molecule has 0 bridgehead atoms. The van der Waals surface area contributed by atoms with Crippen molar-refractivity contribution < 1.29 is 4.79 Å². The van der Waals surface area contributed by atoms with E-state index in [1.165, 1.54) is 0 Å². The van der Waals surface area contributed by atoms with Gasteiger partial charge in [0.2, 0.25) is 5.91 Å². The molecular formula is C14H19N3O. The van der Waals surface area contributed by atoms with Crippen molar-refractivity contribution in [3.8, 4) is 6.07 Å². The smallest absolute Gasteiger partial charge is 0.238 e. The number of amides is 1. The van der Waals surface area contributed by atoms with E-state index in [9.17, 15) is 4.79 Å². The molecule has 4 heteroatoms. The van der Waals surface area contributed by atoms with Crippen molar-refractivity contribution in [1.29, 1.82) is 5.26 Å². The number of nitrogens with zero attached hydrogens (tertiary/aromatic N) is 2. The molecule has 0 saturated carbocycles. The van der Waals surface area contributed by atoms with Gasteiger partial charge in [-0.1, -0.05) is 18.2 Å². The summed E-state index contributed by atoms with van der Waals surface area (Å²) in [6, 6.07) is 7.72. The number of hydrogen-bond acceptors (Lipinski definition) is 3. The molecule has 0 aromatic heterocycles. The summed E-state index contributed by atoms with van der Waals surface area (Å²) < 4.78 is 0. The molecule has 1 aromatic carbocycles. The Morgan fingerprint density at radius 1 is 1.44 bits per heavy atom. The third kappa shape index (κ3) is 3.57. The highest BCUT2D eigenvalue weighted by atomic mass is 16.2. The van der Waals surface area contributed by atoms with Gasteiger partial charge in [0.15, 0.2) is 0 Å². The first kappa shape index (κ1) is 14.2. The first-order valence-electron chi connectivity index (χ1n) is 5.91. The van der Waals surface area contributed by atoms with Crippen molar-refractivity contribution in [3.63, 3.8) is 0 Å². The van der Waals surface area contributed by atoms with E-state index in [4.69, 9.17) is 5.26 Å². The van der Waals surface area contributed by atoms with E-state index in [0.717, 1.165) is 16.8 Å². The molecule has 1 atom stereocenters. The van der Waals surface area contributed by atoms with Gasteiger partial charge in [-0.2, -0.15) is 5.26 Å². The summed E-state index contributed by atoms with van der Waals surface area (Å²) in [4.78, 5) is 13.6. The van der Waals surface area contributed by atoms with Crippen LogP contribution in [0, 0.1) is 25.2 Å². The second-order valence-electron chi connectivity index (χ2n) is 4.54. The van der Waals surface area contributed by atoms with Crippen molar-refractivity contribution in [3.05, 3.63) is 29.3 Å². The maximum Gasteiger partial charge on any atom is 0.238 e. The first-order valence-corrected chi connectivity index (χ1v) is 5.91. The van der Waals surface area contributed by atoms with Crippen LogP contribution in [0.3, 0.4) is 0 Å². The molecule has 0 aliphatic carbocycles. The summed E-state index contributed by atoms with van der Waals surface area (Å²) in [7, 11) is 1.76. The average molecular weight is 245 g/mol. The monoisotopic (exact) mass is 245 g/mol. The normalized spacial score (nSPS) is 12.0. The molecule has 1 rings (SSSR count). The van der Waals surface area contributed by atoms with Crippen molar-refractivity contribution >= 4 is 11.6 Å². The van der Waals surface area contributed by atoms with Crippen LogP contribution < -0.4 is 5.32 Å². The van der Waals surface area contributed by atoms with Gasteiger partial charge >= 0.3 is 0 Å². The minimum absolute atomic E-state index is 0.100. The lowest BCUT2D eigenvalue weighted by Gasteiger charge is -2.19. The molecule has 0 saturated heterocycles. The topological polar surface area (TPSA) is 56.1 Å². The van der Waals surface area contributed by atoms with Gasteiger partial charge in [0.05, 0.1) is 18.7 Å². The van der Waals surface area contributed by atoms with Crippen molar-refractivity contribution in [2.24, 2.45) is 0 Å². The SMILES string of the molecule is Cc1cccc(C)c1NC(=O)CN(C)[C@@H](C)C#N. The predicted octanol–water partition coefficient (Wildman–Crippen LogP) is 2.09. The van der Waals surface area contributed by atoms with Crippen LogP contribution in [0.4, 0.5) is 5.69 Å². The number of anilines is 1. The molecule has 1 amide bonds. The average Bonchev–Trinajstić information content (AvgIpc) is 2.32. The van der Waals surface area contributed by atoms with E-state index in [1.807, 2.05) is 32.0 Å². The van der Waals surface area contributed by atoms with Crippen LogP contribution in [0.25, 0.3) is 0 Å². The minimum atomic E-state index is -0.270. The van der Waals surface area contributed by atoms with E-state index < -0.39 is 0 Å². The Labute approximate surface area is 108 Å². The lowest BCUT2D eigenvalue weighted by Crippen LogP contribution is -2.35. The summed E-state index contributed by atoms with van der Waals surface area (Å²) in [6.07, 6.45) is 0. The number of hydrogen-bond donors (Lipinski definition) is 1. The van der Waals surface area contributed by atoms with Gasteiger partial charge in [0.1, 0.15) is 0 Å². The Balaban J connectivity index is 2.69. The molecule has 0 spiro atoms. The number of carbonyl (C=O) groups excluding carboxylic acids is 1. The Hall–Kier alpha value is -1.86. The number of benzene rings is 1. The number of carbonyl (C=O) groups is 1. The highest BCUT2D eigenvalue weighted by Gasteiger charge is 2.13. The maximum absolute atomic E-state index is 11.9. The molecule has 0 heterocycles.